The van der Waals surface area contributed by atoms with Gasteiger partial charge in [0.1, 0.15) is 6.04 Å². The molecule has 2 unspecified atom stereocenters. The van der Waals surface area contributed by atoms with Crippen LogP contribution in [0.5, 0.6) is 0 Å². The molecular formula is C11H18N2O2S. The number of thiazole rings is 1. The molecule has 0 saturated carbocycles. The number of aromatic nitrogens is 1. The Labute approximate surface area is 100 Å². The van der Waals surface area contributed by atoms with E-state index in [1.165, 1.54) is 7.11 Å². The van der Waals surface area contributed by atoms with Crippen molar-refractivity contribution < 1.29 is 9.53 Å². The van der Waals surface area contributed by atoms with Crippen LogP contribution in [-0.4, -0.2) is 24.1 Å². The number of ether oxygens (including phenoxy) is 1. The minimum atomic E-state index is -0.290. The molecule has 4 nitrogen and oxygen atoms in total. The molecule has 0 spiro atoms. The largest absolute Gasteiger partial charge is 0.468 e. The van der Waals surface area contributed by atoms with Crippen molar-refractivity contribution in [1.29, 1.82) is 0 Å². The Hall–Kier alpha value is -0.940. The van der Waals surface area contributed by atoms with Gasteiger partial charge in [-0.05, 0) is 12.8 Å². The third kappa shape index (κ3) is 3.28. The van der Waals surface area contributed by atoms with Gasteiger partial charge >= 0.3 is 5.97 Å². The Morgan fingerprint density at radius 2 is 2.19 bits per heavy atom. The molecule has 0 bridgehead atoms. The van der Waals surface area contributed by atoms with Gasteiger partial charge in [0.15, 0.2) is 0 Å². The van der Waals surface area contributed by atoms with E-state index in [-0.39, 0.29) is 24.0 Å². The molecule has 0 aliphatic heterocycles. The van der Waals surface area contributed by atoms with Gasteiger partial charge < -0.3 is 4.74 Å². The standard InChI is InChI=1S/C11H18N2O2S/c1-7(2)10(11(14)15-4)13-8(3)9-5-16-6-12-9/h5-8,10,13H,1-4H3. The van der Waals surface area contributed by atoms with E-state index in [0.717, 1.165) is 5.69 Å². The normalized spacial score (nSPS) is 14.8. The average molecular weight is 242 g/mol. The van der Waals surface area contributed by atoms with Gasteiger partial charge in [0, 0.05) is 11.4 Å². The monoisotopic (exact) mass is 242 g/mol. The second-order valence-corrected chi connectivity index (χ2v) is 4.77. The van der Waals surface area contributed by atoms with Gasteiger partial charge in [-0.15, -0.1) is 11.3 Å². The summed E-state index contributed by atoms with van der Waals surface area (Å²) in [6, 6.07) is -0.237. The molecule has 1 aromatic rings. The van der Waals surface area contributed by atoms with Crippen LogP contribution in [0.3, 0.4) is 0 Å². The van der Waals surface area contributed by atoms with Crippen molar-refractivity contribution in [3.05, 3.63) is 16.6 Å². The molecule has 1 aromatic heterocycles. The molecule has 0 aliphatic rings. The Balaban J connectivity index is 2.65. The fourth-order valence-electron chi connectivity index (χ4n) is 1.45. The highest BCUT2D eigenvalue weighted by Gasteiger charge is 2.25. The van der Waals surface area contributed by atoms with E-state index in [1.807, 2.05) is 26.2 Å². The number of hydrogen-bond donors (Lipinski definition) is 1. The van der Waals surface area contributed by atoms with Crippen LogP contribution in [0.25, 0.3) is 0 Å². The molecule has 0 radical (unpaired) electrons. The fourth-order valence-corrected chi connectivity index (χ4v) is 2.10. The smallest absolute Gasteiger partial charge is 0.323 e. The molecule has 5 heteroatoms. The number of rotatable bonds is 5. The molecule has 16 heavy (non-hydrogen) atoms. The van der Waals surface area contributed by atoms with Gasteiger partial charge in [-0.2, -0.15) is 0 Å². The first-order valence-electron chi connectivity index (χ1n) is 5.28. The van der Waals surface area contributed by atoms with Crippen LogP contribution in [0.4, 0.5) is 0 Å². The quantitative estimate of drug-likeness (QED) is 0.802. The lowest BCUT2D eigenvalue weighted by molar-refractivity contribution is -0.144. The lowest BCUT2D eigenvalue weighted by Gasteiger charge is -2.23. The number of esters is 1. The molecule has 1 heterocycles. The maximum atomic E-state index is 11.6. The lowest BCUT2D eigenvalue weighted by atomic mass is 10.0. The van der Waals surface area contributed by atoms with E-state index < -0.39 is 0 Å². The minimum Gasteiger partial charge on any atom is -0.468 e. The Kier molecular flexibility index (Phi) is 4.89. The van der Waals surface area contributed by atoms with Crippen LogP contribution in [0.15, 0.2) is 10.9 Å². The van der Waals surface area contributed by atoms with Crippen molar-refractivity contribution >= 4 is 17.3 Å². The SMILES string of the molecule is COC(=O)C(NC(C)c1cscn1)C(C)C. The van der Waals surface area contributed by atoms with Gasteiger partial charge in [0.2, 0.25) is 0 Å². The third-order valence-corrected chi connectivity index (χ3v) is 3.05. The summed E-state index contributed by atoms with van der Waals surface area (Å²) in [5, 5.41) is 5.22. The van der Waals surface area contributed by atoms with Crippen LogP contribution in [0.1, 0.15) is 32.5 Å². The molecule has 2 atom stereocenters. The summed E-state index contributed by atoms with van der Waals surface area (Å²) in [5.74, 6) is -0.0365. The molecule has 0 aliphatic carbocycles. The zero-order valence-corrected chi connectivity index (χ0v) is 10.9. The van der Waals surface area contributed by atoms with Crippen LogP contribution in [0.2, 0.25) is 0 Å². The zero-order chi connectivity index (χ0) is 12.1. The first-order chi connectivity index (χ1) is 7.56. The molecule has 1 rings (SSSR count). The Bertz CT molecular complexity index is 325. The average Bonchev–Trinajstić information content (AvgIpc) is 2.77. The number of nitrogens with zero attached hydrogens (tertiary/aromatic N) is 1. The van der Waals surface area contributed by atoms with Gasteiger partial charge in [-0.3, -0.25) is 10.1 Å². The van der Waals surface area contributed by atoms with Gasteiger partial charge in [-0.25, -0.2) is 4.98 Å². The van der Waals surface area contributed by atoms with Crippen molar-refractivity contribution in [1.82, 2.24) is 10.3 Å². The lowest BCUT2D eigenvalue weighted by Crippen LogP contribution is -2.43. The summed E-state index contributed by atoms with van der Waals surface area (Å²) >= 11 is 1.55. The van der Waals surface area contributed by atoms with Crippen molar-refractivity contribution in [2.75, 3.05) is 7.11 Å². The number of methoxy groups -OCH3 is 1. The van der Waals surface area contributed by atoms with Crippen molar-refractivity contribution in [3.63, 3.8) is 0 Å². The maximum Gasteiger partial charge on any atom is 0.323 e. The van der Waals surface area contributed by atoms with E-state index in [9.17, 15) is 4.79 Å². The number of carbonyl (C=O) groups is 1. The van der Waals surface area contributed by atoms with Crippen LogP contribution >= 0.6 is 11.3 Å². The minimum absolute atomic E-state index is 0.0535. The third-order valence-electron chi connectivity index (χ3n) is 2.45. The van der Waals surface area contributed by atoms with Crippen molar-refractivity contribution in [3.8, 4) is 0 Å². The van der Waals surface area contributed by atoms with E-state index >= 15 is 0 Å². The van der Waals surface area contributed by atoms with Gasteiger partial charge in [0.25, 0.3) is 0 Å². The van der Waals surface area contributed by atoms with E-state index in [2.05, 4.69) is 10.3 Å². The number of nitrogens with one attached hydrogen (secondary N) is 1. The van der Waals surface area contributed by atoms with E-state index in [1.54, 1.807) is 16.8 Å². The first kappa shape index (κ1) is 13.1. The van der Waals surface area contributed by atoms with Crippen molar-refractivity contribution in [2.24, 2.45) is 5.92 Å². The summed E-state index contributed by atoms with van der Waals surface area (Å²) in [7, 11) is 1.41. The summed E-state index contributed by atoms with van der Waals surface area (Å²) in [5.41, 5.74) is 2.75. The zero-order valence-electron chi connectivity index (χ0n) is 10.1. The van der Waals surface area contributed by atoms with Gasteiger partial charge in [-0.1, -0.05) is 13.8 Å². The summed E-state index contributed by atoms with van der Waals surface area (Å²) < 4.78 is 4.77. The number of carbonyl (C=O) groups excluding carboxylic acids is 1. The van der Waals surface area contributed by atoms with Crippen LogP contribution < -0.4 is 5.32 Å². The molecule has 1 N–H and O–H groups in total. The second-order valence-electron chi connectivity index (χ2n) is 4.05. The molecule has 0 fully saturated rings. The Morgan fingerprint density at radius 1 is 1.50 bits per heavy atom. The predicted molar refractivity (Wildman–Crippen MR) is 64.3 cm³/mol. The topological polar surface area (TPSA) is 51.2 Å². The van der Waals surface area contributed by atoms with Gasteiger partial charge in [0.05, 0.1) is 18.3 Å². The van der Waals surface area contributed by atoms with Crippen LogP contribution in [0, 0.1) is 5.92 Å². The second kappa shape index (κ2) is 5.96. The van der Waals surface area contributed by atoms with Crippen molar-refractivity contribution in [2.45, 2.75) is 32.9 Å². The summed E-state index contributed by atoms with van der Waals surface area (Å²) in [6.45, 7) is 5.97. The molecule has 90 valence electrons. The molecule has 0 saturated heterocycles. The summed E-state index contributed by atoms with van der Waals surface area (Å²) in [6.07, 6.45) is 0. The molecule has 0 amide bonds. The highest BCUT2D eigenvalue weighted by Crippen LogP contribution is 2.15. The Morgan fingerprint density at radius 3 is 2.62 bits per heavy atom. The highest BCUT2D eigenvalue weighted by atomic mass is 32.1. The maximum absolute atomic E-state index is 11.6. The first-order valence-corrected chi connectivity index (χ1v) is 6.22. The van der Waals surface area contributed by atoms with E-state index in [0.29, 0.717) is 0 Å². The van der Waals surface area contributed by atoms with E-state index in [4.69, 9.17) is 4.74 Å². The predicted octanol–water partition coefficient (Wildman–Crippen LogP) is 1.99. The highest BCUT2D eigenvalue weighted by molar-refractivity contribution is 7.07. The summed E-state index contributed by atoms with van der Waals surface area (Å²) in [4.78, 5) is 15.8. The molecule has 0 aromatic carbocycles. The molecular weight excluding hydrogens is 224 g/mol. The van der Waals surface area contributed by atoms with Crippen LogP contribution in [-0.2, 0) is 9.53 Å². The number of hydrogen-bond acceptors (Lipinski definition) is 5. The fraction of sp³-hybridized carbons (Fsp3) is 0.636.